The molecular weight excluding hydrogens is 220 g/mol. The van der Waals surface area contributed by atoms with Crippen LogP contribution in [0.3, 0.4) is 0 Å². The Balaban J connectivity index is 2.71. The van der Waals surface area contributed by atoms with Crippen molar-refractivity contribution in [1.29, 1.82) is 5.26 Å². The van der Waals surface area contributed by atoms with Crippen LogP contribution in [0.25, 0.3) is 11.0 Å². The zero-order valence-electron chi connectivity index (χ0n) is 9.39. The van der Waals surface area contributed by atoms with Crippen molar-refractivity contribution in [2.45, 2.75) is 0 Å². The van der Waals surface area contributed by atoms with Crippen molar-refractivity contribution >= 4 is 22.6 Å². The van der Waals surface area contributed by atoms with E-state index in [0.717, 1.165) is 0 Å². The molecule has 0 saturated heterocycles. The van der Waals surface area contributed by atoms with Crippen LogP contribution >= 0.6 is 0 Å². The van der Waals surface area contributed by atoms with Gasteiger partial charge in [0.2, 0.25) is 5.76 Å². The van der Waals surface area contributed by atoms with Crippen molar-refractivity contribution in [1.82, 2.24) is 0 Å². The van der Waals surface area contributed by atoms with Crippen LogP contribution in [0.5, 0.6) is 0 Å². The quantitative estimate of drug-likeness (QED) is 0.854. The Morgan fingerprint density at radius 3 is 2.65 bits per heavy atom. The zero-order chi connectivity index (χ0) is 12.6. The first-order valence-electron chi connectivity index (χ1n) is 4.91. The highest BCUT2D eigenvalue weighted by Gasteiger charge is 2.14. The van der Waals surface area contributed by atoms with E-state index in [2.05, 4.69) is 6.07 Å². The summed E-state index contributed by atoms with van der Waals surface area (Å²) in [5.74, 6) is -1.24. The normalized spacial score (nSPS) is 10.2. The van der Waals surface area contributed by atoms with Crippen molar-refractivity contribution in [2.24, 2.45) is 0 Å². The number of furan rings is 1. The SMILES string of the molecule is CN(C)c1cc2oc(C(=O)O)cc2cc1C#N. The molecule has 0 atom stereocenters. The fraction of sp³-hybridized carbons (Fsp3) is 0.167. The van der Waals surface area contributed by atoms with Gasteiger partial charge in [0.05, 0.1) is 11.3 Å². The number of nitriles is 1. The summed E-state index contributed by atoms with van der Waals surface area (Å²) in [6.07, 6.45) is 0. The Morgan fingerprint density at radius 1 is 1.41 bits per heavy atom. The van der Waals surface area contributed by atoms with Crippen LogP contribution in [0.4, 0.5) is 5.69 Å². The molecule has 1 heterocycles. The third kappa shape index (κ3) is 1.81. The molecule has 86 valence electrons. The molecule has 1 N–H and O–H groups in total. The lowest BCUT2D eigenvalue weighted by Crippen LogP contribution is -2.10. The van der Waals surface area contributed by atoms with E-state index in [1.165, 1.54) is 6.07 Å². The van der Waals surface area contributed by atoms with Crippen molar-refractivity contribution in [3.05, 3.63) is 29.5 Å². The molecule has 5 heteroatoms. The van der Waals surface area contributed by atoms with Crippen LogP contribution < -0.4 is 4.90 Å². The maximum atomic E-state index is 10.8. The van der Waals surface area contributed by atoms with Gasteiger partial charge < -0.3 is 14.4 Å². The number of fused-ring (bicyclic) bond motifs is 1. The first kappa shape index (κ1) is 11.0. The number of carboxylic acid groups (broad SMARTS) is 1. The number of hydrogen-bond donors (Lipinski definition) is 1. The topological polar surface area (TPSA) is 77.5 Å². The molecule has 0 bridgehead atoms. The molecule has 0 amide bonds. The average molecular weight is 230 g/mol. The molecule has 0 unspecified atom stereocenters. The van der Waals surface area contributed by atoms with Crippen molar-refractivity contribution in [3.63, 3.8) is 0 Å². The van der Waals surface area contributed by atoms with Gasteiger partial charge in [-0.15, -0.1) is 0 Å². The molecule has 1 aromatic carbocycles. The van der Waals surface area contributed by atoms with Gasteiger partial charge in [-0.2, -0.15) is 5.26 Å². The van der Waals surface area contributed by atoms with Crippen LogP contribution in [0.15, 0.2) is 22.6 Å². The standard InChI is InChI=1S/C12H10N2O3/c1-14(2)9-5-10-7(3-8(9)6-13)4-11(17-10)12(15)16/h3-5H,1-2H3,(H,15,16). The lowest BCUT2D eigenvalue weighted by atomic mass is 10.1. The number of hydrogen-bond acceptors (Lipinski definition) is 4. The highest BCUT2D eigenvalue weighted by Crippen LogP contribution is 2.28. The molecule has 2 rings (SSSR count). The van der Waals surface area contributed by atoms with E-state index in [-0.39, 0.29) is 5.76 Å². The third-order valence-corrected chi connectivity index (χ3v) is 2.45. The van der Waals surface area contributed by atoms with Crippen LogP contribution in [-0.2, 0) is 0 Å². The number of carbonyl (C=O) groups is 1. The minimum Gasteiger partial charge on any atom is -0.475 e. The fourth-order valence-corrected chi connectivity index (χ4v) is 1.64. The summed E-state index contributed by atoms with van der Waals surface area (Å²) in [5.41, 5.74) is 1.65. The third-order valence-electron chi connectivity index (χ3n) is 2.45. The molecule has 0 radical (unpaired) electrons. The summed E-state index contributed by atoms with van der Waals surface area (Å²) < 4.78 is 5.18. The second-order valence-electron chi connectivity index (χ2n) is 3.83. The summed E-state index contributed by atoms with van der Waals surface area (Å²) in [5, 5.41) is 18.5. The number of rotatable bonds is 2. The molecule has 5 nitrogen and oxygen atoms in total. The molecule has 17 heavy (non-hydrogen) atoms. The average Bonchev–Trinajstić information content (AvgIpc) is 2.69. The Hall–Kier alpha value is -2.48. The first-order chi connectivity index (χ1) is 8.02. The van der Waals surface area contributed by atoms with Gasteiger partial charge in [-0.3, -0.25) is 0 Å². The van der Waals surface area contributed by atoms with Gasteiger partial charge >= 0.3 is 5.97 Å². The van der Waals surface area contributed by atoms with Gasteiger partial charge in [0.25, 0.3) is 0 Å². The summed E-state index contributed by atoms with van der Waals surface area (Å²) >= 11 is 0. The monoisotopic (exact) mass is 230 g/mol. The molecule has 1 aromatic heterocycles. The molecule has 0 aliphatic heterocycles. The Bertz CT molecular complexity index is 635. The maximum Gasteiger partial charge on any atom is 0.371 e. The van der Waals surface area contributed by atoms with Crippen molar-refractivity contribution in [3.8, 4) is 6.07 Å². The maximum absolute atomic E-state index is 10.8. The summed E-state index contributed by atoms with van der Waals surface area (Å²) in [6, 6.07) is 6.78. The largest absolute Gasteiger partial charge is 0.475 e. The second-order valence-corrected chi connectivity index (χ2v) is 3.83. The number of carboxylic acids is 1. The van der Waals surface area contributed by atoms with Crippen LogP contribution in [0.1, 0.15) is 16.1 Å². The van der Waals surface area contributed by atoms with Gasteiger partial charge in [-0.25, -0.2) is 4.79 Å². The van der Waals surface area contributed by atoms with Gasteiger partial charge in [0.1, 0.15) is 11.7 Å². The van der Waals surface area contributed by atoms with Gasteiger partial charge in [0, 0.05) is 25.5 Å². The Morgan fingerprint density at radius 2 is 2.12 bits per heavy atom. The fourth-order valence-electron chi connectivity index (χ4n) is 1.64. The van der Waals surface area contributed by atoms with Gasteiger partial charge in [0.15, 0.2) is 0 Å². The van der Waals surface area contributed by atoms with Crippen LogP contribution in [-0.4, -0.2) is 25.2 Å². The Labute approximate surface area is 97.5 Å². The van der Waals surface area contributed by atoms with Crippen LogP contribution in [0, 0.1) is 11.3 Å². The molecule has 0 spiro atoms. The van der Waals surface area contributed by atoms with E-state index in [4.69, 9.17) is 14.8 Å². The van der Waals surface area contributed by atoms with E-state index >= 15 is 0 Å². The van der Waals surface area contributed by atoms with Crippen LogP contribution in [0.2, 0.25) is 0 Å². The second kappa shape index (κ2) is 3.83. The highest BCUT2D eigenvalue weighted by atomic mass is 16.4. The minimum atomic E-state index is -1.12. The lowest BCUT2D eigenvalue weighted by molar-refractivity contribution is 0.0665. The molecular formula is C12H10N2O3. The van der Waals surface area contributed by atoms with E-state index in [1.54, 1.807) is 17.0 Å². The molecule has 0 aliphatic carbocycles. The number of benzene rings is 1. The van der Waals surface area contributed by atoms with Gasteiger partial charge in [-0.05, 0) is 12.1 Å². The van der Waals surface area contributed by atoms with Gasteiger partial charge in [-0.1, -0.05) is 0 Å². The van der Waals surface area contributed by atoms with E-state index < -0.39 is 5.97 Å². The smallest absolute Gasteiger partial charge is 0.371 e. The summed E-state index contributed by atoms with van der Waals surface area (Å²) in [7, 11) is 3.62. The highest BCUT2D eigenvalue weighted by molar-refractivity contribution is 5.93. The minimum absolute atomic E-state index is 0.125. The predicted octanol–water partition coefficient (Wildman–Crippen LogP) is 2.07. The molecule has 0 saturated carbocycles. The van der Waals surface area contributed by atoms with E-state index in [0.29, 0.717) is 22.2 Å². The number of nitrogens with zero attached hydrogens (tertiary/aromatic N) is 2. The van der Waals surface area contributed by atoms with E-state index in [1.807, 2.05) is 14.1 Å². The van der Waals surface area contributed by atoms with E-state index in [9.17, 15) is 4.79 Å². The summed E-state index contributed by atoms with van der Waals surface area (Å²) in [4.78, 5) is 12.6. The first-order valence-corrected chi connectivity index (χ1v) is 4.91. The zero-order valence-corrected chi connectivity index (χ0v) is 9.39. The molecule has 0 aliphatic rings. The predicted molar refractivity (Wildman–Crippen MR) is 62.2 cm³/mol. The van der Waals surface area contributed by atoms with Crippen molar-refractivity contribution in [2.75, 3.05) is 19.0 Å². The number of anilines is 1. The molecule has 2 aromatic rings. The lowest BCUT2D eigenvalue weighted by Gasteiger charge is -2.13. The summed E-state index contributed by atoms with van der Waals surface area (Å²) in [6.45, 7) is 0. The number of aromatic carboxylic acids is 1. The molecule has 0 fully saturated rings. The van der Waals surface area contributed by atoms with Crippen molar-refractivity contribution < 1.29 is 14.3 Å². The Kier molecular flexibility index (Phi) is 2.48.